The van der Waals surface area contributed by atoms with Gasteiger partial charge in [0.1, 0.15) is 11.0 Å². The van der Waals surface area contributed by atoms with Crippen LogP contribution in [-0.2, 0) is 0 Å². The van der Waals surface area contributed by atoms with Crippen LogP contribution in [0.15, 0.2) is 36.4 Å². The van der Waals surface area contributed by atoms with Crippen molar-refractivity contribution in [1.29, 1.82) is 0 Å². The third-order valence-electron chi connectivity index (χ3n) is 3.30. The number of benzene rings is 2. The molecule has 0 radical (unpaired) electrons. The maximum absolute atomic E-state index is 12.4. The molecule has 0 unspecified atom stereocenters. The van der Waals surface area contributed by atoms with Crippen LogP contribution in [0.4, 0.5) is 0 Å². The molecule has 3 aromatic rings. The minimum Gasteiger partial charge on any atom is -0.289 e. The summed E-state index contributed by atoms with van der Waals surface area (Å²) >= 11 is 1.08. The first kappa shape index (κ1) is 10.5. The molecule has 0 atom stereocenters. The molecular weight excluding hydrogens is 260 g/mol. The normalized spacial score (nSPS) is 13.5. The van der Waals surface area contributed by atoms with Crippen molar-refractivity contribution in [2.24, 2.45) is 0 Å². The fourth-order valence-electron chi connectivity index (χ4n) is 2.38. The number of rotatable bonds is 0. The summed E-state index contributed by atoms with van der Waals surface area (Å²) < 4.78 is 8.22. The van der Waals surface area contributed by atoms with Crippen molar-refractivity contribution in [3.63, 3.8) is 0 Å². The van der Waals surface area contributed by atoms with Crippen molar-refractivity contribution < 1.29 is 9.59 Å². The van der Waals surface area contributed by atoms with Crippen LogP contribution < -0.4 is 0 Å². The van der Waals surface area contributed by atoms with E-state index in [4.69, 9.17) is 0 Å². The number of ketones is 2. The number of hydrogen-bond donors (Lipinski definition) is 0. The first-order valence-electron chi connectivity index (χ1n) is 5.70. The van der Waals surface area contributed by atoms with E-state index in [0.29, 0.717) is 33.3 Å². The van der Waals surface area contributed by atoms with Gasteiger partial charge in [0.05, 0.1) is 11.7 Å². The van der Waals surface area contributed by atoms with Crippen LogP contribution in [0.5, 0.6) is 0 Å². The lowest BCUT2D eigenvalue weighted by Crippen LogP contribution is -2.20. The molecule has 1 heterocycles. The number of carbonyl (C=O) groups is 2. The Bertz CT molecular complexity index is 798. The first-order chi connectivity index (χ1) is 9.25. The van der Waals surface area contributed by atoms with Gasteiger partial charge >= 0.3 is 0 Å². The highest BCUT2D eigenvalue weighted by molar-refractivity contribution is 7.00. The van der Waals surface area contributed by atoms with Gasteiger partial charge in [0, 0.05) is 22.3 Å². The minimum absolute atomic E-state index is 0.125. The highest BCUT2D eigenvalue weighted by Gasteiger charge is 2.30. The van der Waals surface area contributed by atoms with Gasteiger partial charge in [-0.15, -0.1) is 0 Å². The highest BCUT2D eigenvalue weighted by Crippen LogP contribution is 2.29. The van der Waals surface area contributed by atoms with Gasteiger partial charge in [0.15, 0.2) is 11.6 Å². The quantitative estimate of drug-likeness (QED) is 0.490. The van der Waals surface area contributed by atoms with Gasteiger partial charge in [0.2, 0.25) is 0 Å². The predicted molar refractivity (Wildman–Crippen MR) is 70.7 cm³/mol. The van der Waals surface area contributed by atoms with Gasteiger partial charge in [-0.25, -0.2) is 0 Å². The van der Waals surface area contributed by atoms with Crippen LogP contribution >= 0.6 is 11.7 Å². The Balaban J connectivity index is 2.09. The molecule has 0 spiro atoms. The van der Waals surface area contributed by atoms with E-state index in [-0.39, 0.29) is 11.6 Å². The van der Waals surface area contributed by atoms with Crippen LogP contribution in [0.2, 0.25) is 0 Å². The standard InChI is InChI=1S/C14H6N2O2S/c17-13-7-3-1-2-4-8(7)14(18)10-6-12-11(5-9(10)13)15-19-16-12/h1-6H. The second-order valence-corrected chi connectivity index (χ2v) is 4.88. The molecule has 4 nitrogen and oxygen atoms in total. The maximum atomic E-state index is 12.4. The molecule has 0 bridgehead atoms. The van der Waals surface area contributed by atoms with Gasteiger partial charge in [-0.3, -0.25) is 9.59 Å². The second-order valence-electron chi connectivity index (χ2n) is 4.35. The number of fused-ring (bicyclic) bond motifs is 3. The lowest BCUT2D eigenvalue weighted by Gasteiger charge is -2.16. The van der Waals surface area contributed by atoms with E-state index in [2.05, 4.69) is 8.75 Å². The largest absolute Gasteiger partial charge is 0.289 e. The Morgan fingerprint density at radius 2 is 1.21 bits per heavy atom. The number of aromatic nitrogens is 2. The molecule has 1 aliphatic rings. The van der Waals surface area contributed by atoms with Gasteiger partial charge < -0.3 is 0 Å². The molecule has 90 valence electrons. The lowest BCUT2D eigenvalue weighted by atomic mass is 9.84. The smallest absolute Gasteiger partial charge is 0.194 e. The summed E-state index contributed by atoms with van der Waals surface area (Å²) in [7, 11) is 0. The fourth-order valence-corrected chi connectivity index (χ4v) is 2.89. The zero-order chi connectivity index (χ0) is 13.0. The fraction of sp³-hybridized carbons (Fsp3) is 0. The Kier molecular flexibility index (Phi) is 1.97. The molecule has 5 heteroatoms. The van der Waals surface area contributed by atoms with Crippen LogP contribution in [0.3, 0.4) is 0 Å². The topological polar surface area (TPSA) is 59.9 Å². The second kappa shape index (κ2) is 3.55. The van der Waals surface area contributed by atoms with E-state index < -0.39 is 0 Å². The van der Waals surface area contributed by atoms with Crippen molar-refractivity contribution in [2.75, 3.05) is 0 Å². The summed E-state index contributed by atoms with van der Waals surface area (Å²) in [6, 6.07) is 10.2. The number of nitrogens with zero attached hydrogens (tertiary/aromatic N) is 2. The molecule has 0 saturated heterocycles. The molecule has 2 aromatic carbocycles. The van der Waals surface area contributed by atoms with Gasteiger partial charge in [-0.2, -0.15) is 8.75 Å². The summed E-state index contributed by atoms with van der Waals surface area (Å²) in [5, 5.41) is 0. The molecule has 0 amide bonds. The molecule has 0 N–H and O–H groups in total. The third-order valence-corrected chi connectivity index (χ3v) is 3.86. The average molecular weight is 266 g/mol. The van der Waals surface area contributed by atoms with Gasteiger partial charge in [-0.1, -0.05) is 24.3 Å². The van der Waals surface area contributed by atoms with E-state index >= 15 is 0 Å². The van der Waals surface area contributed by atoms with Crippen molar-refractivity contribution >= 4 is 34.3 Å². The molecule has 19 heavy (non-hydrogen) atoms. The average Bonchev–Trinajstić information content (AvgIpc) is 2.90. The third kappa shape index (κ3) is 1.33. The van der Waals surface area contributed by atoms with Crippen molar-refractivity contribution in [3.8, 4) is 0 Å². The van der Waals surface area contributed by atoms with Crippen LogP contribution in [-0.4, -0.2) is 20.3 Å². The monoisotopic (exact) mass is 266 g/mol. The maximum Gasteiger partial charge on any atom is 0.194 e. The summed E-state index contributed by atoms with van der Waals surface area (Å²) in [6.45, 7) is 0. The van der Waals surface area contributed by atoms with Crippen molar-refractivity contribution in [1.82, 2.24) is 8.75 Å². The van der Waals surface area contributed by atoms with E-state index in [1.54, 1.807) is 36.4 Å². The van der Waals surface area contributed by atoms with E-state index in [1.807, 2.05) is 0 Å². The molecule has 4 rings (SSSR count). The molecular formula is C14H6N2O2S. The van der Waals surface area contributed by atoms with Crippen molar-refractivity contribution in [2.45, 2.75) is 0 Å². The van der Waals surface area contributed by atoms with Crippen LogP contribution in [0, 0.1) is 0 Å². The van der Waals surface area contributed by atoms with E-state index in [0.717, 1.165) is 11.7 Å². The van der Waals surface area contributed by atoms with Gasteiger partial charge in [0.25, 0.3) is 0 Å². The molecule has 0 fully saturated rings. The molecule has 1 aliphatic carbocycles. The molecule has 0 saturated carbocycles. The SMILES string of the molecule is O=C1c2ccccc2C(=O)c2cc3nsnc3cc21. The Morgan fingerprint density at radius 1 is 0.737 bits per heavy atom. The molecule has 1 aromatic heterocycles. The van der Waals surface area contributed by atoms with Gasteiger partial charge in [-0.05, 0) is 12.1 Å². The summed E-state index contributed by atoms with van der Waals surface area (Å²) in [6.07, 6.45) is 0. The zero-order valence-electron chi connectivity index (χ0n) is 9.58. The number of hydrogen-bond acceptors (Lipinski definition) is 5. The lowest BCUT2D eigenvalue weighted by molar-refractivity contribution is 0.0979. The van der Waals surface area contributed by atoms with E-state index in [9.17, 15) is 9.59 Å². The Labute approximate surface area is 112 Å². The zero-order valence-corrected chi connectivity index (χ0v) is 10.4. The first-order valence-corrected chi connectivity index (χ1v) is 6.43. The van der Waals surface area contributed by atoms with Crippen LogP contribution in [0.1, 0.15) is 31.8 Å². The van der Waals surface area contributed by atoms with E-state index in [1.165, 1.54) is 0 Å². The Hall–Kier alpha value is -2.40. The minimum atomic E-state index is -0.125. The summed E-state index contributed by atoms with van der Waals surface area (Å²) in [4.78, 5) is 24.8. The highest BCUT2D eigenvalue weighted by atomic mass is 32.1. The molecule has 0 aliphatic heterocycles. The number of carbonyl (C=O) groups excluding carboxylic acids is 2. The van der Waals surface area contributed by atoms with Crippen LogP contribution in [0.25, 0.3) is 11.0 Å². The van der Waals surface area contributed by atoms with Crippen molar-refractivity contribution in [3.05, 3.63) is 58.7 Å². The Morgan fingerprint density at radius 3 is 1.68 bits per heavy atom. The predicted octanol–water partition coefficient (Wildman–Crippen LogP) is 2.47. The summed E-state index contributed by atoms with van der Waals surface area (Å²) in [5.74, 6) is -0.250. The summed E-state index contributed by atoms with van der Waals surface area (Å²) in [5.41, 5.74) is 3.08.